The molecule has 0 spiro atoms. The maximum absolute atomic E-state index is 11.9. The van der Waals surface area contributed by atoms with Crippen LogP contribution >= 0.6 is 0 Å². The first-order chi connectivity index (χ1) is 15.9. The Morgan fingerprint density at radius 2 is 2.15 bits per heavy atom. The van der Waals surface area contributed by atoms with Crippen molar-refractivity contribution < 1.29 is 18.9 Å². The highest BCUT2D eigenvalue weighted by Gasteiger charge is 2.34. The standard InChI is InChI=1S/C24H28N6O3/c1-4-19(23(25)32)24(28-16-6-7-16)27-15(3)26-17-8-9-20-21(12-17)33-14-18-13-29(22(31)5-2)10-11-30(18)20/h4-5,8-9,12,16,26H,2-3,6-7,10-11,13-14H2,1H3,(H2-,25,27,28,32)/p+1/b19-4-. The van der Waals surface area contributed by atoms with E-state index in [0.29, 0.717) is 43.5 Å². The van der Waals surface area contributed by atoms with Crippen LogP contribution in [0.15, 0.2) is 59.9 Å². The predicted octanol–water partition coefficient (Wildman–Crippen LogP) is 1.66. The van der Waals surface area contributed by atoms with Crippen LogP contribution in [0.5, 0.6) is 5.75 Å². The molecule has 0 atom stereocenters. The van der Waals surface area contributed by atoms with Gasteiger partial charge in [-0.2, -0.15) is 4.58 Å². The lowest BCUT2D eigenvalue weighted by Gasteiger charge is -2.28. The number of fused-ring (bicyclic) bond motifs is 2. The molecule has 2 heterocycles. The quantitative estimate of drug-likeness (QED) is 0.254. The highest BCUT2D eigenvalue weighted by molar-refractivity contribution is 6.20. The summed E-state index contributed by atoms with van der Waals surface area (Å²) in [4.78, 5) is 30.1. The lowest BCUT2D eigenvalue weighted by atomic mass is 10.1. The van der Waals surface area contributed by atoms with E-state index in [1.165, 1.54) is 6.08 Å². The molecule has 0 radical (unpaired) electrons. The van der Waals surface area contributed by atoms with Gasteiger partial charge in [0.05, 0.1) is 18.2 Å². The summed E-state index contributed by atoms with van der Waals surface area (Å²) >= 11 is 0. The van der Waals surface area contributed by atoms with Gasteiger partial charge < -0.3 is 26.0 Å². The van der Waals surface area contributed by atoms with Crippen LogP contribution in [0, 0.1) is 0 Å². The van der Waals surface area contributed by atoms with Crippen LogP contribution < -0.4 is 21.1 Å². The van der Waals surface area contributed by atoms with Crippen molar-refractivity contribution in [1.82, 2.24) is 10.2 Å². The molecule has 4 N–H and O–H groups in total. The maximum atomic E-state index is 11.9. The Bertz CT molecular complexity index is 1110. The van der Waals surface area contributed by atoms with E-state index in [1.807, 2.05) is 18.2 Å². The summed E-state index contributed by atoms with van der Waals surface area (Å²) in [5, 5.41) is 6.29. The van der Waals surface area contributed by atoms with Gasteiger partial charge in [-0.15, -0.1) is 0 Å². The maximum Gasteiger partial charge on any atom is 0.252 e. The van der Waals surface area contributed by atoms with Crippen molar-refractivity contribution in [3.63, 3.8) is 0 Å². The van der Waals surface area contributed by atoms with Crippen molar-refractivity contribution in [2.45, 2.75) is 25.8 Å². The summed E-state index contributed by atoms with van der Waals surface area (Å²) in [7, 11) is 0. The van der Waals surface area contributed by atoms with E-state index in [0.717, 1.165) is 35.7 Å². The molecule has 0 unspecified atom stereocenters. The SMILES string of the molecule is C=CC(=O)N1CC[N+]2=C(COc3cc(NC(=C)NC(=NC4CC4)/C(=C\C)C(N)=O)ccc32)C1. The Hall–Kier alpha value is -3.88. The van der Waals surface area contributed by atoms with Gasteiger partial charge in [0, 0.05) is 17.8 Å². The van der Waals surface area contributed by atoms with Crippen molar-refractivity contribution in [3.05, 3.63) is 54.9 Å². The third-order valence-corrected chi connectivity index (χ3v) is 5.71. The minimum atomic E-state index is -0.540. The minimum Gasteiger partial charge on any atom is -0.476 e. The number of rotatable bonds is 7. The highest BCUT2D eigenvalue weighted by Crippen LogP contribution is 2.34. The number of amides is 2. The zero-order valence-electron chi connectivity index (χ0n) is 18.8. The molecule has 1 aromatic rings. The molecule has 2 amide bonds. The van der Waals surface area contributed by atoms with Gasteiger partial charge >= 0.3 is 0 Å². The topological polar surface area (TPSA) is 112 Å². The highest BCUT2D eigenvalue weighted by atomic mass is 16.5. The van der Waals surface area contributed by atoms with E-state index in [9.17, 15) is 9.59 Å². The van der Waals surface area contributed by atoms with Gasteiger partial charge in [-0.3, -0.25) is 14.6 Å². The van der Waals surface area contributed by atoms with Crippen LogP contribution in [0.3, 0.4) is 0 Å². The Morgan fingerprint density at radius 1 is 1.36 bits per heavy atom. The molecular weight excluding hydrogens is 420 g/mol. The number of carbonyl (C=O) groups is 2. The van der Waals surface area contributed by atoms with Gasteiger partial charge in [-0.05, 0) is 31.9 Å². The molecule has 1 saturated carbocycles. The molecule has 2 aliphatic heterocycles. The van der Waals surface area contributed by atoms with Gasteiger partial charge in [0.25, 0.3) is 5.91 Å². The molecular formula is C24H29N6O3+. The number of primary amides is 1. The Kier molecular flexibility index (Phi) is 6.30. The second kappa shape index (κ2) is 9.32. The summed E-state index contributed by atoms with van der Waals surface area (Å²) in [6, 6.07) is 6.03. The molecule has 1 aromatic carbocycles. The van der Waals surface area contributed by atoms with Crippen LogP contribution in [0.25, 0.3) is 0 Å². The number of nitrogens with zero attached hydrogens (tertiary/aromatic N) is 3. The number of amidine groups is 1. The molecule has 172 valence electrons. The van der Waals surface area contributed by atoms with Gasteiger partial charge in [-0.1, -0.05) is 19.2 Å². The summed E-state index contributed by atoms with van der Waals surface area (Å²) in [6.45, 7) is 11.6. The number of anilines is 1. The number of allylic oxidation sites excluding steroid dienone is 1. The number of ether oxygens (including phenoxy) is 1. The number of nitrogens with two attached hydrogens (primary N) is 1. The lowest BCUT2D eigenvalue weighted by molar-refractivity contribution is -0.453. The lowest BCUT2D eigenvalue weighted by Crippen LogP contribution is -2.48. The van der Waals surface area contributed by atoms with E-state index in [-0.39, 0.29) is 11.9 Å². The summed E-state index contributed by atoms with van der Waals surface area (Å²) in [6.07, 6.45) is 4.99. The predicted molar refractivity (Wildman–Crippen MR) is 128 cm³/mol. The second-order valence-electron chi connectivity index (χ2n) is 8.16. The van der Waals surface area contributed by atoms with Gasteiger partial charge in [0.2, 0.25) is 17.3 Å². The second-order valence-corrected chi connectivity index (χ2v) is 8.16. The Morgan fingerprint density at radius 3 is 2.82 bits per heavy atom. The van der Waals surface area contributed by atoms with Gasteiger partial charge in [-0.25, -0.2) is 0 Å². The fraction of sp³-hybridized carbons (Fsp3) is 0.333. The fourth-order valence-electron chi connectivity index (χ4n) is 3.89. The van der Waals surface area contributed by atoms with Crippen LogP contribution in [-0.2, 0) is 9.59 Å². The van der Waals surface area contributed by atoms with Crippen LogP contribution in [0.1, 0.15) is 19.8 Å². The third kappa shape index (κ3) is 4.97. The third-order valence-electron chi connectivity index (χ3n) is 5.71. The summed E-state index contributed by atoms with van der Waals surface area (Å²) < 4.78 is 8.18. The molecule has 33 heavy (non-hydrogen) atoms. The Balaban J connectivity index is 1.47. The molecule has 1 fully saturated rings. The van der Waals surface area contributed by atoms with Crippen LogP contribution in [0.4, 0.5) is 11.4 Å². The molecule has 9 heteroatoms. The normalized spacial score (nSPS) is 18.0. The average Bonchev–Trinajstić information content (AvgIpc) is 3.62. The van der Waals surface area contributed by atoms with E-state index >= 15 is 0 Å². The van der Waals surface area contributed by atoms with Crippen LogP contribution in [-0.4, -0.2) is 65.1 Å². The van der Waals surface area contributed by atoms with Crippen LogP contribution in [0.2, 0.25) is 0 Å². The van der Waals surface area contributed by atoms with Gasteiger partial charge in [0.1, 0.15) is 18.2 Å². The molecule has 0 bridgehead atoms. The van der Waals surface area contributed by atoms with Crippen molar-refractivity contribution in [2.75, 3.05) is 31.6 Å². The van der Waals surface area contributed by atoms with E-state index < -0.39 is 5.91 Å². The molecule has 1 aliphatic carbocycles. The van der Waals surface area contributed by atoms with Crippen molar-refractivity contribution >= 4 is 34.7 Å². The first-order valence-corrected chi connectivity index (χ1v) is 11.0. The first-order valence-electron chi connectivity index (χ1n) is 11.0. The molecule has 9 nitrogen and oxygen atoms in total. The monoisotopic (exact) mass is 449 g/mol. The van der Waals surface area contributed by atoms with Crippen molar-refractivity contribution in [2.24, 2.45) is 10.7 Å². The number of nitrogens with one attached hydrogen (secondary N) is 2. The Labute approximate surface area is 193 Å². The summed E-state index contributed by atoms with van der Waals surface area (Å²) in [5.74, 6) is 1.03. The summed E-state index contributed by atoms with van der Waals surface area (Å²) in [5.41, 5.74) is 8.63. The minimum absolute atomic E-state index is 0.0690. The fourth-order valence-corrected chi connectivity index (χ4v) is 3.89. The molecule has 0 aromatic heterocycles. The number of carbonyl (C=O) groups excluding carboxylic acids is 2. The van der Waals surface area contributed by atoms with Gasteiger partial charge in [0.15, 0.2) is 18.9 Å². The van der Waals surface area contributed by atoms with E-state index in [2.05, 4.69) is 33.4 Å². The molecule has 3 aliphatic rings. The number of hydrogen-bond donors (Lipinski definition) is 3. The molecule has 4 rings (SSSR count). The average molecular weight is 450 g/mol. The van der Waals surface area contributed by atoms with Crippen molar-refractivity contribution in [3.8, 4) is 5.75 Å². The smallest absolute Gasteiger partial charge is 0.252 e. The first kappa shape index (κ1) is 22.3. The largest absolute Gasteiger partial charge is 0.476 e. The van der Waals surface area contributed by atoms with E-state index in [1.54, 1.807) is 17.9 Å². The number of hydrogen-bond acceptors (Lipinski definition) is 5. The zero-order valence-corrected chi connectivity index (χ0v) is 18.8. The number of aliphatic imine (C=N–C) groups is 1. The zero-order chi connectivity index (χ0) is 23.5. The van der Waals surface area contributed by atoms with E-state index in [4.69, 9.17) is 10.5 Å². The number of benzene rings is 1. The molecule has 0 saturated heterocycles. The van der Waals surface area contributed by atoms with Crippen molar-refractivity contribution in [1.29, 1.82) is 0 Å².